The summed E-state index contributed by atoms with van der Waals surface area (Å²) in [5, 5.41) is 13.9. The Bertz CT molecular complexity index is 1370. The molecule has 0 aromatic carbocycles. The van der Waals surface area contributed by atoms with Gasteiger partial charge in [-0.3, -0.25) is 13.8 Å². The van der Waals surface area contributed by atoms with Crippen LogP contribution in [0.1, 0.15) is 258 Å². The molecule has 3 N–H and O–H groups in total. The minimum absolute atomic E-state index is 0.0743. The molecule has 408 valence electrons. The Morgan fingerprint density at radius 3 is 1.26 bits per heavy atom. The van der Waals surface area contributed by atoms with Crippen molar-refractivity contribution in [2.24, 2.45) is 0 Å². The van der Waals surface area contributed by atoms with Gasteiger partial charge in [-0.2, -0.15) is 0 Å². The lowest BCUT2D eigenvalue weighted by molar-refractivity contribution is -0.870. The molecule has 0 saturated carbocycles. The Labute approximate surface area is 434 Å². The second-order valence-electron chi connectivity index (χ2n) is 21.0. The lowest BCUT2D eigenvalue weighted by Gasteiger charge is -2.26. The predicted molar refractivity (Wildman–Crippen MR) is 304 cm³/mol. The molecule has 0 radical (unpaired) electrons. The molecule has 0 saturated heterocycles. The molecule has 3 atom stereocenters. The summed E-state index contributed by atoms with van der Waals surface area (Å²) in [7, 11) is 1.62. The third-order valence-corrected chi connectivity index (χ3v) is 14.0. The molecule has 70 heavy (non-hydrogen) atoms. The van der Waals surface area contributed by atoms with Crippen LogP contribution >= 0.6 is 7.82 Å². The normalized spacial score (nSPS) is 14.4. The van der Waals surface area contributed by atoms with E-state index >= 15 is 0 Å². The van der Waals surface area contributed by atoms with Crippen LogP contribution in [0.3, 0.4) is 0 Å². The third-order valence-electron chi connectivity index (χ3n) is 13.0. The van der Waals surface area contributed by atoms with Gasteiger partial charge in [-0.05, 0) is 64.2 Å². The Hall–Kier alpha value is -2.06. The summed E-state index contributed by atoms with van der Waals surface area (Å²) in [6, 6.07) is -0.759. The van der Waals surface area contributed by atoms with Gasteiger partial charge in [-0.1, -0.05) is 260 Å². The standard InChI is InChI=1S/C61H113N2O6P/c1-6-8-10-12-14-16-17-18-19-20-21-22-23-24-25-26-27-28-29-30-31-32-33-34-35-36-37-38-39-40-41-42-43-44-45-47-49-51-53-55-61(65)62-59(58-69-70(66,67)68-57-56-63(3,4)5)60(64)54-52-50-48-46-15-13-11-9-7-2/h8,10,14,16,18-19,21-22,24-25,27-28,59-60,64H,6-7,9,11-13,15,17,20,23,26,29-58H2,1-5H3,(H-,62,65,66,67)/p+1/b10-8-,16-14-,19-18-,22-21-,25-24-,28-27-. The summed E-state index contributed by atoms with van der Waals surface area (Å²) in [6.07, 6.45) is 71.4. The summed E-state index contributed by atoms with van der Waals surface area (Å²) < 4.78 is 23.7. The summed E-state index contributed by atoms with van der Waals surface area (Å²) in [5.74, 6) is -0.145. The van der Waals surface area contributed by atoms with E-state index in [1.165, 1.54) is 154 Å². The van der Waals surface area contributed by atoms with Crippen LogP contribution in [0.2, 0.25) is 0 Å². The van der Waals surface area contributed by atoms with Crippen LogP contribution < -0.4 is 5.32 Å². The van der Waals surface area contributed by atoms with E-state index in [1.54, 1.807) is 0 Å². The lowest BCUT2D eigenvalue weighted by Crippen LogP contribution is -2.46. The predicted octanol–water partition coefficient (Wildman–Crippen LogP) is 17.9. The second-order valence-corrected chi connectivity index (χ2v) is 22.4. The third kappa shape index (κ3) is 53.7. The Balaban J connectivity index is 3.84. The number of carbonyl (C=O) groups excluding carboxylic acids is 1. The van der Waals surface area contributed by atoms with Gasteiger partial charge in [0.05, 0.1) is 39.9 Å². The number of quaternary nitrogens is 1. The molecule has 0 rings (SSSR count). The highest BCUT2D eigenvalue weighted by Crippen LogP contribution is 2.43. The number of carbonyl (C=O) groups is 1. The highest BCUT2D eigenvalue weighted by Gasteiger charge is 2.28. The molecule has 0 aromatic heterocycles. The van der Waals surface area contributed by atoms with Gasteiger partial charge in [-0.15, -0.1) is 0 Å². The number of likely N-dealkylation sites (N-methyl/N-ethyl adjacent to an activating group) is 1. The zero-order valence-electron chi connectivity index (χ0n) is 46.5. The monoisotopic (exact) mass is 1000 g/mol. The van der Waals surface area contributed by atoms with E-state index in [0.29, 0.717) is 23.9 Å². The topological polar surface area (TPSA) is 105 Å². The van der Waals surface area contributed by atoms with Crippen LogP contribution in [-0.2, 0) is 18.4 Å². The van der Waals surface area contributed by atoms with Crippen molar-refractivity contribution in [3.63, 3.8) is 0 Å². The largest absolute Gasteiger partial charge is 0.472 e. The van der Waals surface area contributed by atoms with Crippen molar-refractivity contribution >= 4 is 13.7 Å². The lowest BCUT2D eigenvalue weighted by atomic mass is 10.0. The fourth-order valence-electron chi connectivity index (χ4n) is 8.40. The maximum Gasteiger partial charge on any atom is 0.472 e. The van der Waals surface area contributed by atoms with Crippen molar-refractivity contribution < 1.29 is 32.9 Å². The molecule has 0 aromatic rings. The maximum atomic E-state index is 12.9. The van der Waals surface area contributed by atoms with Gasteiger partial charge in [0.25, 0.3) is 0 Å². The smallest absolute Gasteiger partial charge is 0.391 e. The van der Waals surface area contributed by atoms with E-state index in [0.717, 1.165) is 77.0 Å². The van der Waals surface area contributed by atoms with Crippen molar-refractivity contribution in [3.8, 4) is 0 Å². The summed E-state index contributed by atoms with van der Waals surface area (Å²) in [5.41, 5.74) is 0. The van der Waals surface area contributed by atoms with Gasteiger partial charge in [0.1, 0.15) is 13.2 Å². The molecule has 9 heteroatoms. The van der Waals surface area contributed by atoms with Crippen LogP contribution in [-0.4, -0.2) is 73.4 Å². The van der Waals surface area contributed by atoms with Gasteiger partial charge in [0.2, 0.25) is 5.91 Å². The molecule has 0 bridgehead atoms. The maximum absolute atomic E-state index is 12.9. The fraction of sp³-hybridized carbons (Fsp3) is 0.787. The van der Waals surface area contributed by atoms with Crippen LogP contribution in [0.4, 0.5) is 0 Å². The van der Waals surface area contributed by atoms with Gasteiger partial charge >= 0.3 is 7.82 Å². The van der Waals surface area contributed by atoms with E-state index in [2.05, 4.69) is 92.1 Å². The van der Waals surface area contributed by atoms with Crippen molar-refractivity contribution in [1.82, 2.24) is 5.32 Å². The Morgan fingerprint density at radius 2 is 0.857 bits per heavy atom. The molecular formula is C61H114N2O6P+. The SMILES string of the molecule is CC/C=C\C/C=C\C/C=C\C/C=C\C/C=C\C/C=C\CCCCCCCCCCCCCCCCCCCCCCC(=O)NC(COP(=O)(O)OCC[N+](C)(C)C)C(O)CCCCCCCCCCC. The van der Waals surface area contributed by atoms with Crippen molar-refractivity contribution in [2.75, 3.05) is 40.9 Å². The number of rotatable bonds is 53. The molecule has 3 unspecified atom stereocenters. The zero-order chi connectivity index (χ0) is 51.3. The Morgan fingerprint density at radius 1 is 0.500 bits per heavy atom. The van der Waals surface area contributed by atoms with Crippen LogP contribution in [0.15, 0.2) is 72.9 Å². The van der Waals surface area contributed by atoms with E-state index in [9.17, 15) is 19.4 Å². The van der Waals surface area contributed by atoms with Crippen LogP contribution in [0.5, 0.6) is 0 Å². The average Bonchev–Trinajstić information content (AvgIpc) is 3.32. The van der Waals surface area contributed by atoms with Gasteiger partial charge in [0, 0.05) is 6.42 Å². The fourth-order valence-corrected chi connectivity index (χ4v) is 9.14. The number of phosphoric ester groups is 1. The van der Waals surface area contributed by atoms with E-state index < -0.39 is 20.0 Å². The highest BCUT2D eigenvalue weighted by atomic mass is 31.2. The minimum atomic E-state index is -4.31. The van der Waals surface area contributed by atoms with E-state index in [1.807, 2.05) is 21.1 Å². The number of hydrogen-bond acceptors (Lipinski definition) is 5. The molecule has 0 aliphatic heterocycles. The highest BCUT2D eigenvalue weighted by molar-refractivity contribution is 7.47. The molecule has 8 nitrogen and oxygen atoms in total. The number of amides is 1. The quantitative estimate of drug-likeness (QED) is 0.0243. The van der Waals surface area contributed by atoms with Crippen LogP contribution in [0, 0.1) is 0 Å². The Kier molecular flexibility index (Phi) is 50.3. The summed E-state index contributed by atoms with van der Waals surface area (Å²) in [4.78, 5) is 23.2. The average molecular weight is 1000 g/mol. The van der Waals surface area contributed by atoms with Crippen molar-refractivity contribution in [1.29, 1.82) is 0 Å². The summed E-state index contributed by atoms with van der Waals surface area (Å²) in [6.45, 7) is 4.76. The number of unbranched alkanes of at least 4 members (excludes halogenated alkanes) is 28. The number of aliphatic hydroxyl groups is 1. The molecule has 0 heterocycles. The zero-order valence-corrected chi connectivity index (χ0v) is 47.4. The molecule has 0 aliphatic carbocycles. The number of nitrogens with zero attached hydrogens (tertiary/aromatic N) is 1. The first-order valence-corrected chi connectivity index (χ1v) is 30.8. The number of nitrogens with one attached hydrogen (secondary N) is 1. The first-order valence-electron chi connectivity index (χ1n) is 29.3. The van der Waals surface area contributed by atoms with Gasteiger partial charge in [0.15, 0.2) is 0 Å². The number of phosphoric acid groups is 1. The minimum Gasteiger partial charge on any atom is -0.391 e. The number of hydrogen-bond donors (Lipinski definition) is 3. The van der Waals surface area contributed by atoms with Crippen LogP contribution in [0.25, 0.3) is 0 Å². The van der Waals surface area contributed by atoms with Gasteiger partial charge in [-0.25, -0.2) is 4.57 Å². The van der Waals surface area contributed by atoms with E-state index in [-0.39, 0.29) is 19.1 Å². The molecule has 1 amide bonds. The second kappa shape index (κ2) is 51.8. The van der Waals surface area contributed by atoms with Crippen molar-refractivity contribution in [3.05, 3.63) is 72.9 Å². The first kappa shape index (κ1) is 67.9. The molecule has 0 aliphatic rings. The van der Waals surface area contributed by atoms with Gasteiger partial charge < -0.3 is 19.8 Å². The van der Waals surface area contributed by atoms with Crippen molar-refractivity contribution in [2.45, 2.75) is 270 Å². The molecular weight excluding hydrogens is 888 g/mol. The first-order chi connectivity index (χ1) is 34.0. The summed E-state index contributed by atoms with van der Waals surface area (Å²) >= 11 is 0. The number of aliphatic hydroxyl groups excluding tert-OH is 1. The van der Waals surface area contributed by atoms with E-state index in [4.69, 9.17) is 9.05 Å². The number of allylic oxidation sites excluding steroid dienone is 12. The molecule has 0 fully saturated rings. The molecule has 0 spiro atoms.